The molecule has 3 nitrogen and oxygen atoms in total. The zero-order chi connectivity index (χ0) is 13.8. The molecule has 0 aliphatic carbocycles. The van der Waals surface area contributed by atoms with Gasteiger partial charge in [0, 0.05) is 5.56 Å². The van der Waals surface area contributed by atoms with Gasteiger partial charge in [0.1, 0.15) is 5.75 Å². The summed E-state index contributed by atoms with van der Waals surface area (Å²) in [7, 11) is 1.71. The number of para-hydroxylation sites is 1. The van der Waals surface area contributed by atoms with E-state index in [1.54, 1.807) is 7.11 Å². The largest absolute Gasteiger partial charge is 0.496 e. The molecule has 2 aromatic rings. The molecular formula is C15H19IN2O. The van der Waals surface area contributed by atoms with Crippen LogP contribution in [0.4, 0.5) is 0 Å². The fourth-order valence-corrected chi connectivity index (χ4v) is 3.37. The smallest absolute Gasteiger partial charge is 0.123 e. The maximum absolute atomic E-state index is 5.41. The van der Waals surface area contributed by atoms with Gasteiger partial charge < -0.3 is 4.74 Å². The quantitative estimate of drug-likeness (QED) is 0.751. The average molecular weight is 370 g/mol. The summed E-state index contributed by atoms with van der Waals surface area (Å²) in [5.41, 5.74) is 3.66. The van der Waals surface area contributed by atoms with Gasteiger partial charge in [0.15, 0.2) is 0 Å². The Morgan fingerprint density at radius 1 is 1.21 bits per heavy atom. The van der Waals surface area contributed by atoms with Crippen LogP contribution in [-0.2, 0) is 19.4 Å². The summed E-state index contributed by atoms with van der Waals surface area (Å²) in [6.45, 7) is 5.10. The molecule has 0 fully saturated rings. The lowest BCUT2D eigenvalue weighted by molar-refractivity contribution is 0.407. The number of aryl methyl sites for hydroxylation is 1. The highest BCUT2D eigenvalue weighted by Crippen LogP contribution is 2.23. The number of hydrogen-bond acceptors (Lipinski definition) is 2. The number of methoxy groups -OCH3 is 1. The van der Waals surface area contributed by atoms with Crippen LogP contribution in [0.25, 0.3) is 0 Å². The number of halogens is 1. The lowest BCUT2D eigenvalue weighted by atomic mass is 10.2. The van der Waals surface area contributed by atoms with Gasteiger partial charge in [-0.05, 0) is 41.5 Å². The van der Waals surface area contributed by atoms with Crippen LogP contribution in [0.5, 0.6) is 5.75 Å². The van der Waals surface area contributed by atoms with Crippen LogP contribution in [0.2, 0.25) is 0 Å². The summed E-state index contributed by atoms with van der Waals surface area (Å²) in [5, 5.41) is 4.72. The van der Waals surface area contributed by atoms with Crippen molar-refractivity contribution in [2.75, 3.05) is 7.11 Å². The van der Waals surface area contributed by atoms with Crippen LogP contribution >= 0.6 is 22.6 Å². The number of aromatic nitrogens is 2. The van der Waals surface area contributed by atoms with E-state index in [1.165, 1.54) is 20.5 Å². The first-order chi connectivity index (χ1) is 9.21. The Bertz CT molecular complexity index is 563. The van der Waals surface area contributed by atoms with Crippen molar-refractivity contribution in [1.82, 2.24) is 9.78 Å². The predicted octanol–water partition coefficient (Wildman–Crippen LogP) is 3.67. The van der Waals surface area contributed by atoms with Gasteiger partial charge in [-0.3, -0.25) is 4.68 Å². The third kappa shape index (κ3) is 2.94. The van der Waals surface area contributed by atoms with Gasteiger partial charge in [-0.15, -0.1) is 0 Å². The lowest BCUT2D eigenvalue weighted by Crippen LogP contribution is -2.07. The molecule has 1 aromatic carbocycles. The molecule has 0 saturated heterocycles. The summed E-state index contributed by atoms with van der Waals surface area (Å²) in [6.07, 6.45) is 1.98. The highest BCUT2D eigenvalue weighted by molar-refractivity contribution is 14.1. The van der Waals surface area contributed by atoms with Gasteiger partial charge in [-0.2, -0.15) is 5.10 Å². The SMILES string of the molecule is CCc1nn(Cc2ccccc2OC)c(CC)c1I. The van der Waals surface area contributed by atoms with Crippen LogP contribution < -0.4 is 4.74 Å². The summed E-state index contributed by atoms with van der Waals surface area (Å²) >= 11 is 2.41. The van der Waals surface area contributed by atoms with Crippen LogP contribution in [0.1, 0.15) is 30.8 Å². The molecule has 19 heavy (non-hydrogen) atoms. The molecule has 0 amide bonds. The standard InChI is InChI=1S/C15H19IN2O/c1-4-12-15(16)13(5-2)18(17-12)10-11-8-6-7-9-14(11)19-3/h6-9H,4-5,10H2,1-3H3. The van der Waals surface area contributed by atoms with E-state index >= 15 is 0 Å². The Morgan fingerprint density at radius 2 is 1.95 bits per heavy atom. The molecule has 2 rings (SSSR count). The van der Waals surface area contributed by atoms with Gasteiger partial charge in [0.05, 0.1) is 28.6 Å². The minimum atomic E-state index is 0.767. The van der Waals surface area contributed by atoms with E-state index in [0.717, 1.165) is 25.1 Å². The molecular weight excluding hydrogens is 351 g/mol. The first-order valence-corrected chi connectivity index (χ1v) is 7.65. The zero-order valence-electron chi connectivity index (χ0n) is 11.6. The van der Waals surface area contributed by atoms with E-state index in [4.69, 9.17) is 9.84 Å². The maximum atomic E-state index is 5.41. The second-order valence-electron chi connectivity index (χ2n) is 4.38. The molecule has 102 valence electrons. The van der Waals surface area contributed by atoms with E-state index in [-0.39, 0.29) is 0 Å². The van der Waals surface area contributed by atoms with Gasteiger partial charge in [-0.1, -0.05) is 32.0 Å². The number of benzene rings is 1. The topological polar surface area (TPSA) is 27.1 Å². The van der Waals surface area contributed by atoms with Crippen molar-refractivity contribution >= 4 is 22.6 Å². The Hall–Kier alpha value is -1.04. The molecule has 0 N–H and O–H groups in total. The summed E-state index contributed by atoms with van der Waals surface area (Å²) in [4.78, 5) is 0. The molecule has 4 heteroatoms. The Balaban J connectivity index is 2.37. The minimum absolute atomic E-state index is 0.767. The van der Waals surface area contributed by atoms with Gasteiger partial charge >= 0.3 is 0 Å². The lowest BCUT2D eigenvalue weighted by Gasteiger charge is -2.10. The Kier molecular flexibility index (Phi) is 4.85. The van der Waals surface area contributed by atoms with Crippen molar-refractivity contribution in [1.29, 1.82) is 0 Å². The molecule has 0 radical (unpaired) electrons. The molecule has 0 spiro atoms. The average Bonchev–Trinajstić information content (AvgIpc) is 2.74. The van der Waals surface area contributed by atoms with E-state index < -0.39 is 0 Å². The van der Waals surface area contributed by atoms with Crippen LogP contribution in [0, 0.1) is 3.57 Å². The highest BCUT2D eigenvalue weighted by Gasteiger charge is 2.14. The Labute approximate surface area is 128 Å². The van der Waals surface area contributed by atoms with Gasteiger partial charge in [0.25, 0.3) is 0 Å². The number of hydrogen-bond donors (Lipinski definition) is 0. The van der Waals surface area contributed by atoms with Crippen molar-refractivity contribution in [3.63, 3.8) is 0 Å². The van der Waals surface area contributed by atoms with E-state index in [1.807, 2.05) is 18.2 Å². The zero-order valence-corrected chi connectivity index (χ0v) is 13.8. The second-order valence-corrected chi connectivity index (χ2v) is 5.46. The third-order valence-corrected chi connectivity index (χ3v) is 4.49. The fraction of sp³-hybridized carbons (Fsp3) is 0.400. The van der Waals surface area contributed by atoms with E-state index in [0.29, 0.717) is 0 Å². The third-order valence-electron chi connectivity index (χ3n) is 3.24. The molecule has 0 atom stereocenters. The van der Waals surface area contributed by atoms with Crippen LogP contribution in [0.15, 0.2) is 24.3 Å². The molecule has 1 heterocycles. The molecule has 0 saturated carbocycles. The van der Waals surface area contributed by atoms with Crippen molar-refractivity contribution in [3.05, 3.63) is 44.8 Å². The molecule has 0 aliphatic rings. The van der Waals surface area contributed by atoms with Crippen molar-refractivity contribution < 1.29 is 4.74 Å². The fourth-order valence-electron chi connectivity index (χ4n) is 2.22. The van der Waals surface area contributed by atoms with Crippen LogP contribution in [0.3, 0.4) is 0 Å². The minimum Gasteiger partial charge on any atom is -0.496 e. The van der Waals surface area contributed by atoms with E-state index in [2.05, 4.69) is 47.2 Å². The summed E-state index contributed by atoms with van der Waals surface area (Å²) in [6, 6.07) is 8.13. The number of rotatable bonds is 5. The van der Waals surface area contributed by atoms with Crippen molar-refractivity contribution in [2.24, 2.45) is 0 Å². The van der Waals surface area contributed by atoms with Gasteiger partial charge in [-0.25, -0.2) is 0 Å². The number of ether oxygens (including phenoxy) is 1. The first-order valence-electron chi connectivity index (χ1n) is 6.57. The molecule has 0 bridgehead atoms. The van der Waals surface area contributed by atoms with Crippen LogP contribution in [-0.4, -0.2) is 16.9 Å². The normalized spacial score (nSPS) is 10.7. The highest BCUT2D eigenvalue weighted by atomic mass is 127. The van der Waals surface area contributed by atoms with Crippen molar-refractivity contribution in [2.45, 2.75) is 33.2 Å². The molecule has 0 unspecified atom stereocenters. The summed E-state index contributed by atoms with van der Waals surface area (Å²) in [5.74, 6) is 0.924. The maximum Gasteiger partial charge on any atom is 0.123 e. The molecule has 0 aliphatic heterocycles. The predicted molar refractivity (Wildman–Crippen MR) is 85.8 cm³/mol. The second kappa shape index (κ2) is 6.41. The molecule has 1 aromatic heterocycles. The van der Waals surface area contributed by atoms with Gasteiger partial charge in [0.2, 0.25) is 0 Å². The van der Waals surface area contributed by atoms with E-state index in [9.17, 15) is 0 Å². The summed E-state index contributed by atoms with van der Waals surface area (Å²) < 4.78 is 8.82. The van der Waals surface area contributed by atoms with Crippen molar-refractivity contribution in [3.8, 4) is 5.75 Å². The monoisotopic (exact) mass is 370 g/mol. The number of nitrogens with zero attached hydrogens (tertiary/aromatic N) is 2. The Morgan fingerprint density at radius 3 is 2.58 bits per heavy atom. The first kappa shape index (κ1) is 14.4.